The van der Waals surface area contributed by atoms with Crippen molar-refractivity contribution in [1.29, 1.82) is 0 Å². The monoisotopic (exact) mass is 406 g/mol. The largest absolute Gasteiger partial charge is 0.353 e. The predicted molar refractivity (Wildman–Crippen MR) is 121 cm³/mol. The highest BCUT2D eigenvalue weighted by molar-refractivity contribution is 5.76. The third-order valence-electron chi connectivity index (χ3n) is 7.09. The number of nitrogens with one attached hydrogen (secondary N) is 1. The highest BCUT2D eigenvalue weighted by Crippen LogP contribution is 2.34. The van der Waals surface area contributed by atoms with Crippen LogP contribution < -0.4 is 5.32 Å². The summed E-state index contributed by atoms with van der Waals surface area (Å²) in [4.78, 5) is 27.2. The first-order chi connectivity index (χ1) is 13.9. The van der Waals surface area contributed by atoms with E-state index >= 15 is 0 Å². The Morgan fingerprint density at radius 1 is 1.00 bits per heavy atom. The number of carbonyl (C=O) groups is 2. The number of amides is 2. The highest BCUT2D eigenvalue weighted by Gasteiger charge is 2.29. The van der Waals surface area contributed by atoms with E-state index in [2.05, 4.69) is 26.1 Å². The Hall–Kier alpha value is -1.06. The molecule has 2 aliphatic carbocycles. The van der Waals surface area contributed by atoms with Crippen LogP contribution >= 0.6 is 0 Å². The Morgan fingerprint density at radius 2 is 1.72 bits per heavy atom. The molecule has 0 saturated heterocycles. The van der Waals surface area contributed by atoms with Crippen LogP contribution in [0.5, 0.6) is 0 Å². The van der Waals surface area contributed by atoms with Gasteiger partial charge < -0.3 is 10.2 Å². The van der Waals surface area contributed by atoms with E-state index in [-0.39, 0.29) is 5.91 Å². The van der Waals surface area contributed by atoms with Crippen LogP contribution in [0.15, 0.2) is 0 Å². The smallest absolute Gasteiger partial charge is 0.222 e. The SMILES string of the molecule is CCCC(CC(=O)NC1CCCCC1)CC1CCCC(N(C)C(=O)CC(C)C)C1. The summed E-state index contributed by atoms with van der Waals surface area (Å²) in [5.74, 6) is 2.13. The van der Waals surface area contributed by atoms with E-state index in [4.69, 9.17) is 0 Å². The zero-order valence-electron chi connectivity index (χ0n) is 19.5. The lowest BCUT2D eigenvalue weighted by molar-refractivity contribution is -0.133. The Kier molecular flexibility index (Phi) is 10.5. The molecule has 29 heavy (non-hydrogen) atoms. The maximum atomic E-state index is 12.6. The van der Waals surface area contributed by atoms with Crippen LogP contribution in [-0.4, -0.2) is 35.8 Å². The molecule has 4 nitrogen and oxygen atoms in total. The van der Waals surface area contributed by atoms with Crippen LogP contribution in [0.25, 0.3) is 0 Å². The molecule has 3 unspecified atom stereocenters. The maximum absolute atomic E-state index is 12.6. The van der Waals surface area contributed by atoms with Crippen molar-refractivity contribution in [2.24, 2.45) is 17.8 Å². The fraction of sp³-hybridized carbons (Fsp3) is 0.920. The number of nitrogens with zero attached hydrogens (tertiary/aromatic N) is 1. The summed E-state index contributed by atoms with van der Waals surface area (Å²) in [6.07, 6.45) is 15.6. The number of carbonyl (C=O) groups excluding carboxylic acids is 2. The molecule has 0 aromatic carbocycles. The molecule has 2 saturated carbocycles. The molecular formula is C25H46N2O2. The summed E-state index contributed by atoms with van der Waals surface area (Å²) in [6, 6.07) is 0.802. The summed E-state index contributed by atoms with van der Waals surface area (Å²) in [7, 11) is 2.00. The molecule has 0 bridgehead atoms. The van der Waals surface area contributed by atoms with E-state index in [0.717, 1.165) is 44.9 Å². The van der Waals surface area contributed by atoms with Crippen LogP contribution in [0.3, 0.4) is 0 Å². The zero-order valence-corrected chi connectivity index (χ0v) is 19.5. The van der Waals surface area contributed by atoms with Crippen molar-refractivity contribution in [3.63, 3.8) is 0 Å². The quantitative estimate of drug-likeness (QED) is 0.506. The average molecular weight is 407 g/mol. The molecule has 3 atom stereocenters. The minimum Gasteiger partial charge on any atom is -0.353 e. The van der Waals surface area contributed by atoms with E-state index in [1.54, 1.807) is 0 Å². The molecule has 0 aromatic heterocycles. The summed E-state index contributed by atoms with van der Waals surface area (Å²) in [5, 5.41) is 3.31. The van der Waals surface area contributed by atoms with Crippen LogP contribution in [0.1, 0.15) is 111 Å². The van der Waals surface area contributed by atoms with Crippen LogP contribution in [0, 0.1) is 17.8 Å². The summed E-state index contributed by atoms with van der Waals surface area (Å²) >= 11 is 0. The lowest BCUT2D eigenvalue weighted by Crippen LogP contribution is -2.41. The van der Waals surface area contributed by atoms with Crippen LogP contribution in [0.2, 0.25) is 0 Å². The van der Waals surface area contributed by atoms with Gasteiger partial charge in [-0.05, 0) is 49.9 Å². The molecule has 0 spiro atoms. The van der Waals surface area contributed by atoms with Crippen molar-refractivity contribution in [3.8, 4) is 0 Å². The number of hydrogen-bond donors (Lipinski definition) is 1. The summed E-state index contributed by atoms with van der Waals surface area (Å²) in [6.45, 7) is 6.46. The fourth-order valence-electron chi connectivity index (χ4n) is 5.50. The molecule has 2 amide bonds. The molecule has 168 valence electrons. The average Bonchev–Trinajstić information content (AvgIpc) is 2.68. The van der Waals surface area contributed by atoms with Gasteiger partial charge in [-0.2, -0.15) is 0 Å². The second-order valence-corrected chi connectivity index (χ2v) is 10.3. The van der Waals surface area contributed by atoms with Gasteiger partial charge in [-0.3, -0.25) is 9.59 Å². The number of hydrogen-bond acceptors (Lipinski definition) is 2. The maximum Gasteiger partial charge on any atom is 0.222 e. The van der Waals surface area contributed by atoms with Gasteiger partial charge in [0, 0.05) is 32.0 Å². The zero-order chi connectivity index (χ0) is 21.2. The van der Waals surface area contributed by atoms with Crippen molar-refractivity contribution >= 4 is 11.8 Å². The minimum atomic E-state index is 0.270. The minimum absolute atomic E-state index is 0.270. The lowest BCUT2D eigenvalue weighted by Gasteiger charge is -2.37. The molecule has 0 radical (unpaired) electrons. The van der Waals surface area contributed by atoms with E-state index in [1.807, 2.05) is 11.9 Å². The van der Waals surface area contributed by atoms with Gasteiger partial charge in [-0.1, -0.05) is 65.7 Å². The predicted octanol–water partition coefficient (Wildman–Crippen LogP) is 5.70. The third-order valence-corrected chi connectivity index (χ3v) is 7.09. The van der Waals surface area contributed by atoms with Crippen molar-refractivity contribution in [3.05, 3.63) is 0 Å². The van der Waals surface area contributed by atoms with Crippen molar-refractivity contribution in [2.75, 3.05) is 7.05 Å². The summed E-state index contributed by atoms with van der Waals surface area (Å²) < 4.78 is 0. The summed E-state index contributed by atoms with van der Waals surface area (Å²) in [5.41, 5.74) is 0. The van der Waals surface area contributed by atoms with Gasteiger partial charge in [-0.25, -0.2) is 0 Å². The van der Waals surface area contributed by atoms with E-state index in [1.165, 1.54) is 32.1 Å². The van der Waals surface area contributed by atoms with Crippen molar-refractivity contribution < 1.29 is 9.59 Å². The molecule has 4 heteroatoms. The second kappa shape index (κ2) is 12.6. The Bertz CT molecular complexity index is 499. The first-order valence-corrected chi connectivity index (χ1v) is 12.4. The molecule has 2 fully saturated rings. The van der Waals surface area contributed by atoms with Gasteiger partial charge in [-0.15, -0.1) is 0 Å². The van der Waals surface area contributed by atoms with Crippen LogP contribution in [0.4, 0.5) is 0 Å². The molecule has 0 heterocycles. The second-order valence-electron chi connectivity index (χ2n) is 10.3. The van der Waals surface area contributed by atoms with Gasteiger partial charge in [0.1, 0.15) is 0 Å². The van der Waals surface area contributed by atoms with E-state index in [9.17, 15) is 9.59 Å². The van der Waals surface area contributed by atoms with Crippen LogP contribution in [-0.2, 0) is 9.59 Å². The fourth-order valence-corrected chi connectivity index (χ4v) is 5.50. The molecule has 2 aliphatic rings. The Labute approximate surface area is 179 Å². The first-order valence-electron chi connectivity index (χ1n) is 12.4. The normalized spacial score (nSPS) is 24.3. The number of rotatable bonds is 10. The molecule has 2 rings (SSSR count). The highest BCUT2D eigenvalue weighted by atomic mass is 16.2. The van der Waals surface area contributed by atoms with Gasteiger partial charge >= 0.3 is 0 Å². The van der Waals surface area contributed by atoms with E-state index < -0.39 is 0 Å². The van der Waals surface area contributed by atoms with Crippen molar-refractivity contribution in [1.82, 2.24) is 10.2 Å². The van der Waals surface area contributed by atoms with E-state index in [0.29, 0.717) is 48.6 Å². The van der Waals surface area contributed by atoms with Crippen molar-refractivity contribution in [2.45, 2.75) is 123 Å². The lowest BCUT2D eigenvalue weighted by atomic mass is 9.78. The van der Waals surface area contributed by atoms with Gasteiger partial charge in [0.25, 0.3) is 0 Å². The standard InChI is InChI=1S/C25H46N2O2/c1-5-10-20(18-24(28)26-22-12-7-6-8-13-22)16-21-11-9-14-23(17-21)27(4)25(29)15-19(2)3/h19-23H,5-18H2,1-4H3,(H,26,28). The van der Waals surface area contributed by atoms with Gasteiger partial charge in [0.2, 0.25) is 11.8 Å². The molecule has 1 N–H and O–H groups in total. The molecule has 0 aromatic rings. The molecular weight excluding hydrogens is 360 g/mol. The first kappa shape index (κ1) is 24.2. The Morgan fingerprint density at radius 3 is 2.38 bits per heavy atom. The Balaban J connectivity index is 1.83. The van der Waals surface area contributed by atoms with Gasteiger partial charge in [0.15, 0.2) is 0 Å². The third kappa shape index (κ3) is 8.68. The van der Waals surface area contributed by atoms with Gasteiger partial charge in [0.05, 0.1) is 0 Å². The molecule has 0 aliphatic heterocycles. The topological polar surface area (TPSA) is 49.4 Å².